The van der Waals surface area contributed by atoms with Gasteiger partial charge in [0.25, 0.3) is 0 Å². The molecule has 7 heteroatoms. The van der Waals surface area contributed by atoms with Crippen LogP contribution >= 0.6 is 11.8 Å². The van der Waals surface area contributed by atoms with Gasteiger partial charge in [0.05, 0.1) is 12.0 Å². The largest absolute Gasteiger partial charge is 0.462 e. The molecule has 0 atom stereocenters. The highest BCUT2D eigenvalue weighted by atomic mass is 32.2. The third kappa shape index (κ3) is 2.72. The zero-order valence-electron chi connectivity index (χ0n) is 12.5. The van der Waals surface area contributed by atoms with Gasteiger partial charge < -0.3 is 9.30 Å². The van der Waals surface area contributed by atoms with Crippen LogP contribution in [-0.2, 0) is 4.74 Å². The van der Waals surface area contributed by atoms with Crippen LogP contribution in [0.15, 0.2) is 22.3 Å². The van der Waals surface area contributed by atoms with E-state index in [1.165, 1.54) is 18.0 Å². The summed E-state index contributed by atoms with van der Waals surface area (Å²) < 4.78 is 6.90. The maximum absolute atomic E-state index is 12.5. The minimum Gasteiger partial charge on any atom is -0.462 e. The molecule has 0 N–H and O–H groups in total. The van der Waals surface area contributed by atoms with Crippen molar-refractivity contribution in [1.29, 1.82) is 0 Å². The minimum atomic E-state index is -0.587. The van der Waals surface area contributed by atoms with Crippen molar-refractivity contribution in [3.63, 3.8) is 0 Å². The highest BCUT2D eigenvalue weighted by Gasteiger charge is 2.28. The monoisotopic (exact) mass is 319 g/mol. The number of fused-ring (bicyclic) bond motifs is 1. The van der Waals surface area contributed by atoms with E-state index in [-0.39, 0.29) is 17.6 Å². The molecule has 0 bridgehead atoms. The topological polar surface area (TPSA) is 74.1 Å². The summed E-state index contributed by atoms with van der Waals surface area (Å²) in [6.45, 7) is 3.98. The lowest BCUT2D eigenvalue weighted by Crippen LogP contribution is -2.21. The van der Waals surface area contributed by atoms with Crippen molar-refractivity contribution in [2.75, 3.05) is 12.4 Å². The van der Waals surface area contributed by atoms with Gasteiger partial charge in [0, 0.05) is 18.4 Å². The molecule has 0 saturated heterocycles. The van der Waals surface area contributed by atoms with Crippen LogP contribution in [0.4, 0.5) is 0 Å². The van der Waals surface area contributed by atoms with Crippen LogP contribution in [0.2, 0.25) is 0 Å². The number of esters is 1. The number of hydrogen-bond acceptors (Lipinski definition) is 6. The van der Waals surface area contributed by atoms with Gasteiger partial charge in [-0.15, -0.1) is 0 Å². The average molecular weight is 319 g/mol. The van der Waals surface area contributed by atoms with Crippen LogP contribution < -0.4 is 5.43 Å². The highest BCUT2D eigenvalue weighted by molar-refractivity contribution is 7.99. The summed E-state index contributed by atoms with van der Waals surface area (Å²) in [5.74, 6) is 0.274. The summed E-state index contributed by atoms with van der Waals surface area (Å²) in [4.78, 5) is 33.2. The van der Waals surface area contributed by atoms with Crippen LogP contribution in [0, 0.1) is 0 Å². The van der Waals surface area contributed by atoms with E-state index in [0.29, 0.717) is 22.2 Å². The van der Waals surface area contributed by atoms with Crippen LogP contribution in [0.3, 0.4) is 0 Å². The Morgan fingerprint density at radius 3 is 2.86 bits per heavy atom. The predicted octanol–water partition coefficient (Wildman–Crippen LogP) is 2.42. The third-order valence-corrected chi connectivity index (χ3v) is 4.20. The number of thioether (sulfide) groups is 1. The Kier molecular flexibility index (Phi) is 4.15. The molecule has 0 spiro atoms. The van der Waals surface area contributed by atoms with Gasteiger partial charge >= 0.3 is 5.97 Å². The van der Waals surface area contributed by atoms with Gasteiger partial charge in [-0.05, 0) is 25.5 Å². The lowest BCUT2D eigenvalue weighted by atomic mass is 10.2. The first kappa shape index (κ1) is 15.0. The minimum absolute atomic E-state index is 0.0562. The standard InChI is InChI=1S/C15H17N3O3S/c1-3-21-14(20)11-8-18(9-5-6-9)13-10(12(11)19)7-16-15(17-13)22-4-2/h7-9H,3-6H2,1-2H3. The summed E-state index contributed by atoms with van der Waals surface area (Å²) >= 11 is 1.53. The Balaban J connectivity index is 2.21. The molecular weight excluding hydrogens is 302 g/mol. The normalized spacial score (nSPS) is 14.3. The Labute approximate surface area is 131 Å². The number of ether oxygens (including phenoxy) is 1. The second kappa shape index (κ2) is 6.08. The molecule has 0 aliphatic heterocycles. The summed E-state index contributed by atoms with van der Waals surface area (Å²) in [5.41, 5.74) is 0.297. The lowest BCUT2D eigenvalue weighted by Gasteiger charge is -2.11. The molecule has 1 aliphatic carbocycles. The molecule has 2 aromatic heterocycles. The van der Waals surface area contributed by atoms with Crippen LogP contribution in [0.25, 0.3) is 11.0 Å². The number of nitrogens with zero attached hydrogens (tertiary/aromatic N) is 3. The molecule has 2 aromatic rings. The Morgan fingerprint density at radius 1 is 1.45 bits per heavy atom. The first-order valence-corrected chi connectivity index (χ1v) is 8.36. The molecule has 1 aliphatic rings. The Bertz CT molecular complexity index is 783. The van der Waals surface area contributed by atoms with Crippen molar-refractivity contribution in [1.82, 2.24) is 14.5 Å². The molecule has 0 radical (unpaired) electrons. The Hall–Kier alpha value is -1.89. The van der Waals surface area contributed by atoms with E-state index in [1.807, 2.05) is 11.5 Å². The SMILES string of the molecule is CCOC(=O)c1cn(C2CC2)c2nc(SCC)ncc2c1=O. The molecule has 116 valence electrons. The van der Waals surface area contributed by atoms with E-state index < -0.39 is 5.97 Å². The molecule has 6 nitrogen and oxygen atoms in total. The summed E-state index contributed by atoms with van der Waals surface area (Å²) in [6, 6.07) is 0.297. The fraction of sp³-hybridized carbons (Fsp3) is 0.467. The number of aromatic nitrogens is 3. The smallest absolute Gasteiger partial charge is 0.343 e. The predicted molar refractivity (Wildman–Crippen MR) is 84.4 cm³/mol. The van der Waals surface area contributed by atoms with E-state index in [1.54, 1.807) is 13.1 Å². The number of carbonyl (C=O) groups excluding carboxylic acids is 1. The van der Waals surface area contributed by atoms with Gasteiger partial charge in [-0.25, -0.2) is 14.8 Å². The first-order valence-electron chi connectivity index (χ1n) is 7.37. The molecule has 1 fully saturated rings. The van der Waals surface area contributed by atoms with Crippen molar-refractivity contribution in [2.24, 2.45) is 0 Å². The summed E-state index contributed by atoms with van der Waals surface area (Å²) in [5, 5.41) is 1.02. The summed E-state index contributed by atoms with van der Waals surface area (Å²) in [6.07, 6.45) is 5.17. The van der Waals surface area contributed by atoms with E-state index in [4.69, 9.17) is 4.74 Å². The summed E-state index contributed by atoms with van der Waals surface area (Å²) in [7, 11) is 0. The van der Waals surface area contributed by atoms with Crippen molar-refractivity contribution < 1.29 is 9.53 Å². The molecule has 22 heavy (non-hydrogen) atoms. The third-order valence-electron chi connectivity index (χ3n) is 3.46. The van der Waals surface area contributed by atoms with E-state index >= 15 is 0 Å². The van der Waals surface area contributed by atoms with Crippen LogP contribution in [0.1, 0.15) is 43.1 Å². The van der Waals surface area contributed by atoms with Gasteiger partial charge in [-0.2, -0.15) is 0 Å². The van der Waals surface area contributed by atoms with Gasteiger partial charge in [-0.1, -0.05) is 18.7 Å². The van der Waals surface area contributed by atoms with Crippen molar-refractivity contribution in [2.45, 2.75) is 37.9 Å². The number of hydrogen-bond donors (Lipinski definition) is 0. The van der Waals surface area contributed by atoms with Crippen molar-refractivity contribution >= 4 is 28.8 Å². The van der Waals surface area contributed by atoms with E-state index in [2.05, 4.69) is 9.97 Å². The molecule has 3 rings (SSSR count). The fourth-order valence-electron chi connectivity index (χ4n) is 2.30. The maximum atomic E-state index is 12.5. The molecule has 0 aromatic carbocycles. The number of carbonyl (C=O) groups is 1. The maximum Gasteiger partial charge on any atom is 0.343 e. The van der Waals surface area contributed by atoms with Crippen LogP contribution in [0.5, 0.6) is 0 Å². The Morgan fingerprint density at radius 2 is 2.23 bits per heavy atom. The zero-order valence-corrected chi connectivity index (χ0v) is 13.4. The first-order chi connectivity index (χ1) is 10.7. The van der Waals surface area contributed by atoms with Gasteiger partial charge in [0.15, 0.2) is 5.16 Å². The fourth-order valence-corrected chi connectivity index (χ4v) is 2.84. The lowest BCUT2D eigenvalue weighted by molar-refractivity contribution is 0.0524. The molecule has 2 heterocycles. The van der Waals surface area contributed by atoms with Gasteiger partial charge in [-0.3, -0.25) is 4.79 Å². The highest BCUT2D eigenvalue weighted by Crippen LogP contribution is 2.36. The molecular formula is C15H17N3O3S. The second-order valence-corrected chi connectivity index (χ2v) is 6.28. The quantitative estimate of drug-likeness (QED) is 0.479. The van der Waals surface area contributed by atoms with Gasteiger partial charge in [0.1, 0.15) is 11.2 Å². The average Bonchev–Trinajstić information content (AvgIpc) is 3.33. The van der Waals surface area contributed by atoms with E-state index in [9.17, 15) is 9.59 Å². The van der Waals surface area contributed by atoms with Gasteiger partial charge in [0.2, 0.25) is 5.43 Å². The molecule has 0 amide bonds. The molecule has 1 saturated carbocycles. The van der Waals surface area contributed by atoms with Crippen molar-refractivity contribution in [3.8, 4) is 0 Å². The van der Waals surface area contributed by atoms with Crippen LogP contribution in [-0.4, -0.2) is 32.9 Å². The number of rotatable bonds is 5. The zero-order chi connectivity index (χ0) is 15.7. The molecule has 0 unspecified atom stereocenters. The second-order valence-electron chi connectivity index (χ2n) is 5.05. The number of pyridine rings is 1. The van der Waals surface area contributed by atoms with E-state index in [0.717, 1.165) is 18.6 Å². The van der Waals surface area contributed by atoms with Crippen molar-refractivity contribution in [3.05, 3.63) is 28.2 Å².